The van der Waals surface area contributed by atoms with E-state index < -0.39 is 0 Å². The molecule has 0 saturated carbocycles. The second-order valence-electron chi connectivity index (χ2n) is 4.75. The van der Waals surface area contributed by atoms with Gasteiger partial charge in [0, 0.05) is 16.1 Å². The first kappa shape index (κ1) is 12.7. The van der Waals surface area contributed by atoms with Crippen LogP contribution in [0.3, 0.4) is 0 Å². The summed E-state index contributed by atoms with van der Waals surface area (Å²) >= 11 is 2.08. The molecular weight excluding hydrogens is 355 g/mol. The Morgan fingerprint density at radius 1 is 1.47 bits per heavy atom. The van der Waals surface area contributed by atoms with Gasteiger partial charge in [0.1, 0.15) is 11.9 Å². The highest BCUT2D eigenvalue weighted by molar-refractivity contribution is 14.1. The fraction of sp³-hybridized carbons (Fsp3) is 0.286. The van der Waals surface area contributed by atoms with Gasteiger partial charge in [-0.15, -0.1) is 0 Å². The van der Waals surface area contributed by atoms with E-state index in [2.05, 4.69) is 40.7 Å². The Morgan fingerprint density at radius 2 is 2.32 bits per heavy atom. The van der Waals surface area contributed by atoms with E-state index in [1.165, 1.54) is 15.8 Å². The highest BCUT2D eigenvalue weighted by atomic mass is 127. The number of hydrogen-bond acceptors (Lipinski definition) is 3. The molecule has 0 N–H and O–H groups in total. The van der Waals surface area contributed by atoms with Crippen molar-refractivity contribution in [1.29, 1.82) is 0 Å². The normalized spacial score (nSPS) is 17.1. The first-order valence-corrected chi connectivity index (χ1v) is 7.18. The number of halogens is 1. The van der Waals surface area contributed by atoms with Gasteiger partial charge in [0.2, 0.25) is 0 Å². The first-order valence-electron chi connectivity index (χ1n) is 6.11. The van der Waals surface area contributed by atoms with Crippen LogP contribution in [0.15, 0.2) is 35.3 Å². The van der Waals surface area contributed by atoms with E-state index in [0.717, 1.165) is 15.7 Å². The van der Waals surface area contributed by atoms with E-state index >= 15 is 0 Å². The van der Waals surface area contributed by atoms with Crippen molar-refractivity contribution in [3.63, 3.8) is 0 Å². The number of fused-ring (bicyclic) bond motifs is 1. The van der Waals surface area contributed by atoms with Crippen molar-refractivity contribution in [2.24, 2.45) is 0 Å². The zero-order chi connectivity index (χ0) is 13.4. The van der Waals surface area contributed by atoms with Crippen LogP contribution in [0.2, 0.25) is 0 Å². The van der Waals surface area contributed by atoms with Crippen molar-refractivity contribution in [1.82, 2.24) is 9.78 Å². The zero-order valence-corrected chi connectivity index (χ0v) is 12.6. The van der Waals surface area contributed by atoms with Crippen molar-refractivity contribution < 1.29 is 4.74 Å². The molecule has 1 aromatic heterocycles. The molecule has 0 bridgehead atoms. The van der Waals surface area contributed by atoms with Crippen LogP contribution in [0, 0.1) is 10.5 Å². The molecule has 1 aliphatic rings. The van der Waals surface area contributed by atoms with Gasteiger partial charge < -0.3 is 4.74 Å². The van der Waals surface area contributed by atoms with Crippen LogP contribution in [0.4, 0.5) is 0 Å². The standard InChI is InChI=1S/C14H13IN2O2/c1-9-2-3-13-10(4-9)5-12(19-13)8-17-14(18)6-11(15)7-16-17/h2-4,6-7,12H,5,8H2,1H3. The van der Waals surface area contributed by atoms with Crippen molar-refractivity contribution in [2.45, 2.75) is 26.0 Å². The molecule has 1 atom stereocenters. The number of hydrogen-bond donors (Lipinski definition) is 0. The Morgan fingerprint density at radius 3 is 3.11 bits per heavy atom. The summed E-state index contributed by atoms with van der Waals surface area (Å²) in [7, 11) is 0. The lowest BCUT2D eigenvalue weighted by Crippen LogP contribution is -2.30. The fourth-order valence-corrected chi connectivity index (χ4v) is 2.68. The van der Waals surface area contributed by atoms with Crippen molar-refractivity contribution >= 4 is 22.6 Å². The maximum atomic E-state index is 11.8. The summed E-state index contributed by atoms with van der Waals surface area (Å²) < 4.78 is 8.17. The van der Waals surface area contributed by atoms with Crippen LogP contribution in [-0.4, -0.2) is 15.9 Å². The monoisotopic (exact) mass is 368 g/mol. The molecule has 4 nitrogen and oxygen atoms in total. The number of aromatic nitrogens is 2. The maximum Gasteiger partial charge on any atom is 0.267 e. The topological polar surface area (TPSA) is 44.1 Å². The Hall–Kier alpha value is -1.37. The van der Waals surface area contributed by atoms with Gasteiger partial charge in [-0.05, 0) is 41.1 Å². The van der Waals surface area contributed by atoms with Crippen LogP contribution in [0.5, 0.6) is 5.75 Å². The second kappa shape index (κ2) is 4.96. The van der Waals surface area contributed by atoms with Crippen LogP contribution in [0.1, 0.15) is 11.1 Å². The summed E-state index contributed by atoms with van der Waals surface area (Å²) in [6.45, 7) is 2.56. The second-order valence-corrected chi connectivity index (χ2v) is 5.99. The fourth-order valence-electron chi connectivity index (χ4n) is 2.29. The SMILES string of the molecule is Cc1ccc2c(c1)CC(Cn1ncc(I)cc1=O)O2. The summed E-state index contributed by atoms with van der Waals surface area (Å²) in [6, 6.07) is 7.75. The highest BCUT2D eigenvalue weighted by Gasteiger charge is 2.23. The van der Waals surface area contributed by atoms with Gasteiger partial charge in [-0.25, -0.2) is 4.68 Å². The molecular formula is C14H13IN2O2. The van der Waals surface area contributed by atoms with Gasteiger partial charge in [0.05, 0.1) is 12.7 Å². The summed E-state index contributed by atoms with van der Waals surface area (Å²) in [5.74, 6) is 0.925. The van der Waals surface area contributed by atoms with Gasteiger partial charge in [-0.3, -0.25) is 4.79 Å². The smallest absolute Gasteiger partial charge is 0.267 e. The molecule has 0 fully saturated rings. The molecule has 19 heavy (non-hydrogen) atoms. The molecule has 0 aliphatic carbocycles. The van der Waals surface area contributed by atoms with Crippen molar-refractivity contribution in [3.05, 3.63) is 55.5 Å². The molecule has 1 unspecified atom stereocenters. The largest absolute Gasteiger partial charge is 0.488 e. The minimum Gasteiger partial charge on any atom is -0.488 e. The third kappa shape index (κ3) is 2.65. The lowest BCUT2D eigenvalue weighted by atomic mass is 10.1. The van der Waals surface area contributed by atoms with Gasteiger partial charge in [-0.2, -0.15) is 5.10 Å². The zero-order valence-electron chi connectivity index (χ0n) is 10.5. The predicted molar refractivity (Wildman–Crippen MR) is 80.5 cm³/mol. The molecule has 1 aromatic carbocycles. The van der Waals surface area contributed by atoms with Crippen LogP contribution < -0.4 is 10.3 Å². The van der Waals surface area contributed by atoms with E-state index in [1.54, 1.807) is 12.3 Å². The number of aryl methyl sites for hydroxylation is 1. The maximum absolute atomic E-state index is 11.8. The summed E-state index contributed by atoms with van der Waals surface area (Å²) in [5.41, 5.74) is 2.36. The van der Waals surface area contributed by atoms with Gasteiger partial charge in [0.25, 0.3) is 5.56 Å². The Kier molecular flexibility index (Phi) is 3.30. The van der Waals surface area contributed by atoms with Gasteiger partial charge >= 0.3 is 0 Å². The van der Waals surface area contributed by atoms with E-state index in [-0.39, 0.29) is 11.7 Å². The summed E-state index contributed by atoms with van der Waals surface area (Å²) in [5, 5.41) is 4.14. The number of nitrogens with zero attached hydrogens (tertiary/aromatic N) is 2. The lowest BCUT2D eigenvalue weighted by molar-refractivity contribution is 0.200. The molecule has 3 rings (SSSR count). The van der Waals surface area contributed by atoms with E-state index in [0.29, 0.717) is 6.54 Å². The van der Waals surface area contributed by atoms with E-state index in [9.17, 15) is 4.79 Å². The van der Waals surface area contributed by atoms with Crippen LogP contribution in [0.25, 0.3) is 0 Å². The Labute approximate surface area is 124 Å². The summed E-state index contributed by atoms with van der Waals surface area (Å²) in [6.07, 6.45) is 2.51. The van der Waals surface area contributed by atoms with Crippen LogP contribution in [-0.2, 0) is 13.0 Å². The predicted octanol–water partition coefficient (Wildman–Crippen LogP) is 2.16. The molecule has 2 heterocycles. The molecule has 1 aliphatic heterocycles. The molecule has 2 aromatic rings. The quantitative estimate of drug-likeness (QED) is 0.764. The number of rotatable bonds is 2. The molecule has 0 saturated heterocycles. The van der Waals surface area contributed by atoms with Crippen LogP contribution >= 0.6 is 22.6 Å². The molecule has 0 spiro atoms. The molecule has 5 heteroatoms. The third-order valence-corrected chi connectivity index (χ3v) is 3.76. The summed E-state index contributed by atoms with van der Waals surface area (Å²) in [4.78, 5) is 11.8. The van der Waals surface area contributed by atoms with Gasteiger partial charge in [0.15, 0.2) is 0 Å². The highest BCUT2D eigenvalue weighted by Crippen LogP contribution is 2.29. The number of benzene rings is 1. The van der Waals surface area contributed by atoms with Crippen molar-refractivity contribution in [2.75, 3.05) is 0 Å². The lowest BCUT2D eigenvalue weighted by Gasteiger charge is -2.11. The molecule has 98 valence electrons. The Bertz CT molecular complexity index is 681. The minimum absolute atomic E-state index is 0.0120. The van der Waals surface area contributed by atoms with Gasteiger partial charge in [-0.1, -0.05) is 17.7 Å². The first-order chi connectivity index (χ1) is 9.11. The Balaban J connectivity index is 1.78. The van der Waals surface area contributed by atoms with E-state index in [4.69, 9.17) is 4.74 Å². The average molecular weight is 368 g/mol. The van der Waals surface area contributed by atoms with Crippen molar-refractivity contribution in [3.8, 4) is 5.75 Å². The van der Waals surface area contributed by atoms with E-state index in [1.807, 2.05) is 12.1 Å². The molecule has 0 radical (unpaired) electrons. The minimum atomic E-state index is -0.0809. The third-order valence-electron chi connectivity index (χ3n) is 3.17. The average Bonchev–Trinajstić information content (AvgIpc) is 2.74. The molecule has 0 amide bonds. The number of ether oxygens (including phenoxy) is 1.